The first kappa shape index (κ1) is 76.2. The summed E-state index contributed by atoms with van der Waals surface area (Å²) >= 11 is 0. The Hall–Kier alpha value is -2.84. The Morgan fingerprint density at radius 1 is 0.443 bits per heavy atom. The number of allylic oxidation sites excluding steroid dienone is 17. The summed E-state index contributed by atoms with van der Waals surface area (Å²) in [4.78, 5) is 23.4. The number of rotatable bonds is 59. The van der Waals surface area contributed by atoms with Crippen LogP contribution in [0.1, 0.15) is 277 Å². The number of amides is 1. The number of quaternary nitrogens is 1. The smallest absolute Gasteiger partial charge is 0.387 e. The van der Waals surface area contributed by atoms with Gasteiger partial charge < -0.3 is 19.8 Å². The molecule has 0 radical (unpaired) electrons. The second-order valence-corrected chi connectivity index (χ2v) is 24.6. The van der Waals surface area contributed by atoms with Gasteiger partial charge in [-0.1, -0.05) is 297 Å². The molecule has 0 rings (SSSR count). The molecule has 0 aliphatic heterocycles. The molecule has 0 heterocycles. The molecule has 0 aromatic heterocycles. The number of carbonyl (C=O) groups excluding carboxylic acids is 1. The lowest BCUT2D eigenvalue weighted by Crippen LogP contribution is -2.45. The van der Waals surface area contributed by atoms with Crippen molar-refractivity contribution in [1.82, 2.24) is 5.32 Å². The topological polar surface area (TPSA) is 105 Å². The zero-order valence-electron chi connectivity index (χ0n) is 52.1. The summed E-state index contributed by atoms with van der Waals surface area (Å²) < 4.78 is 23.8. The number of likely N-dealkylation sites (N-methyl/N-ethyl adjacent to an activating group) is 1. The summed E-state index contributed by atoms with van der Waals surface area (Å²) in [5, 5.41) is 14.0. The lowest BCUT2D eigenvalue weighted by molar-refractivity contribution is -0.870. The fraction of sp³-hybridized carbons (Fsp3) is 0.729. The minimum atomic E-state index is -4.36. The highest BCUT2D eigenvalue weighted by Crippen LogP contribution is 2.43. The van der Waals surface area contributed by atoms with Gasteiger partial charge in [0.15, 0.2) is 0 Å². The van der Waals surface area contributed by atoms with Crippen molar-refractivity contribution in [2.75, 3.05) is 40.9 Å². The van der Waals surface area contributed by atoms with Gasteiger partial charge in [0, 0.05) is 6.42 Å². The number of hydrogen-bond acceptors (Lipinski definition) is 5. The molecular weight excluding hydrogens is 996 g/mol. The predicted octanol–water partition coefficient (Wildman–Crippen LogP) is 20.7. The lowest BCUT2D eigenvalue weighted by atomic mass is 10.0. The molecule has 0 aliphatic carbocycles. The minimum absolute atomic E-state index is 0.0564. The quantitative estimate of drug-likeness (QED) is 0.0243. The van der Waals surface area contributed by atoms with Crippen molar-refractivity contribution in [3.8, 4) is 0 Å². The molecule has 0 saturated heterocycles. The molecule has 0 spiro atoms. The fourth-order valence-corrected chi connectivity index (χ4v) is 9.91. The predicted molar refractivity (Wildman–Crippen MR) is 345 cm³/mol. The van der Waals surface area contributed by atoms with Crippen LogP contribution in [0.3, 0.4) is 0 Å². The molecule has 1 amide bonds. The van der Waals surface area contributed by atoms with Crippen molar-refractivity contribution >= 4 is 13.7 Å². The highest BCUT2D eigenvalue weighted by molar-refractivity contribution is 7.47. The Kier molecular flexibility index (Phi) is 57.6. The third-order valence-corrected chi connectivity index (χ3v) is 15.2. The van der Waals surface area contributed by atoms with Gasteiger partial charge in [0.05, 0.1) is 39.9 Å². The highest BCUT2D eigenvalue weighted by Gasteiger charge is 2.27. The molecule has 0 aromatic carbocycles. The van der Waals surface area contributed by atoms with Crippen LogP contribution < -0.4 is 5.32 Å². The summed E-state index contributed by atoms with van der Waals surface area (Å²) in [6.07, 6.45) is 87.8. The van der Waals surface area contributed by atoms with E-state index in [1.807, 2.05) is 27.2 Å². The van der Waals surface area contributed by atoms with Gasteiger partial charge in [-0.3, -0.25) is 13.8 Å². The first-order chi connectivity index (χ1) is 38.5. The van der Waals surface area contributed by atoms with Crippen molar-refractivity contribution in [3.05, 3.63) is 109 Å². The van der Waals surface area contributed by atoms with E-state index < -0.39 is 20.0 Å². The van der Waals surface area contributed by atoms with Gasteiger partial charge in [0.2, 0.25) is 5.91 Å². The number of carbonyl (C=O) groups is 1. The summed E-state index contributed by atoms with van der Waals surface area (Å²) in [6, 6.07) is -0.857. The molecule has 0 bridgehead atoms. The minimum Gasteiger partial charge on any atom is -0.387 e. The maximum Gasteiger partial charge on any atom is 0.472 e. The molecular formula is C70H126N2O6P+. The van der Waals surface area contributed by atoms with Crippen LogP contribution in [-0.2, 0) is 18.4 Å². The average molecular weight is 1120 g/mol. The van der Waals surface area contributed by atoms with Gasteiger partial charge in [-0.2, -0.15) is 0 Å². The molecule has 0 aliphatic rings. The summed E-state index contributed by atoms with van der Waals surface area (Å²) in [7, 11) is 1.56. The van der Waals surface area contributed by atoms with Gasteiger partial charge in [-0.25, -0.2) is 4.57 Å². The molecule has 456 valence electrons. The Balaban J connectivity index is 4.16. The molecule has 3 atom stereocenters. The number of aliphatic hydroxyl groups excluding tert-OH is 1. The first-order valence-electron chi connectivity index (χ1n) is 32.8. The van der Waals surface area contributed by atoms with Crippen LogP contribution in [-0.4, -0.2) is 73.4 Å². The number of unbranched alkanes of at least 4 members (excludes halogenated alkanes) is 30. The van der Waals surface area contributed by atoms with Crippen LogP contribution in [0.15, 0.2) is 109 Å². The fourth-order valence-electron chi connectivity index (χ4n) is 9.18. The monoisotopic (exact) mass is 1120 g/mol. The van der Waals surface area contributed by atoms with Crippen molar-refractivity contribution in [2.24, 2.45) is 0 Å². The van der Waals surface area contributed by atoms with E-state index in [0.29, 0.717) is 17.4 Å². The zero-order valence-corrected chi connectivity index (χ0v) is 53.0. The average Bonchev–Trinajstić information content (AvgIpc) is 3.42. The normalized spacial score (nSPS) is 14.5. The van der Waals surface area contributed by atoms with Gasteiger partial charge in [0.25, 0.3) is 0 Å². The molecule has 79 heavy (non-hydrogen) atoms. The Morgan fingerprint density at radius 3 is 1.11 bits per heavy atom. The molecule has 9 heteroatoms. The summed E-state index contributed by atoms with van der Waals surface area (Å²) in [5.74, 6) is -0.183. The van der Waals surface area contributed by atoms with Crippen molar-refractivity contribution in [2.45, 2.75) is 289 Å². The van der Waals surface area contributed by atoms with Crippen LogP contribution in [0, 0.1) is 0 Å². The van der Waals surface area contributed by atoms with Crippen LogP contribution in [0.4, 0.5) is 0 Å². The van der Waals surface area contributed by atoms with E-state index in [1.54, 1.807) is 6.08 Å². The first-order valence-corrected chi connectivity index (χ1v) is 34.3. The van der Waals surface area contributed by atoms with Crippen molar-refractivity contribution in [3.63, 3.8) is 0 Å². The van der Waals surface area contributed by atoms with E-state index in [-0.39, 0.29) is 19.1 Å². The maximum absolute atomic E-state index is 13.0. The van der Waals surface area contributed by atoms with E-state index in [0.717, 1.165) is 96.3 Å². The lowest BCUT2D eigenvalue weighted by Gasteiger charge is -2.25. The van der Waals surface area contributed by atoms with E-state index in [9.17, 15) is 19.4 Å². The van der Waals surface area contributed by atoms with Crippen LogP contribution >= 0.6 is 7.82 Å². The van der Waals surface area contributed by atoms with Gasteiger partial charge in [0.1, 0.15) is 13.2 Å². The SMILES string of the molecule is CC/C=C\C/C=C\C/C=C\C/C=C\C/C=C\C/C=C\C/C=C\C/C=C\CCCCCCCCCCCCC(=O)NC(COP(=O)(O)OCC[N+](C)(C)C)C(O)/C=C/CCCCCCCCCCCCCCCCCCCCCC. The van der Waals surface area contributed by atoms with Crippen LogP contribution in [0.5, 0.6) is 0 Å². The second kappa shape index (κ2) is 59.8. The largest absolute Gasteiger partial charge is 0.472 e. The summed E-state index contributed by atoms with van der Waals surface area (Å²) in [5.41, 5.74) is 0. The molecule has 0 fully saturated rings. The number of phosphoric ester groups is 1. The standard InChI is InChI=1S/C70H125N2O6P/c1-6-8-10-12-14-16-18-20-22-24-26-28-30-31-32-33-34-35-36-37-38-39-40-41-42-44-46-48-50-52-54-56-58-60-62-64-70(74)71-68(67-78-79(75,76)77-66-65-72(3,4)5)69(73)63-61-59-57-55-53-51-49-47-45-43-29-27-25-23-21-19-17-15-13-11-9-7-2/h8,10,14,16,20,22,26,28,31-32,34-35,37-38,40-41,61,63,68-69,73H,6-7,9,11-13,15,17-19,21,23-25,27,29-30,33,36,39,42-60,62,64-67H2,1-5H3,(H-,71,74,75,76)/p+1/b10-8-,16-14-,22-20-,28-26-,32-31-,35-34-,38-37-,41-40-,63-61+. The van der Waals surface area contributed by atoms with Gasteiger partial charge in [-0.05, 0) is 83.5 Å². The highest BCUT2D eigenvalue weighted by atomic mass is 31.2. The Labute approximate surface area is 489 Å². The number of nitrogens with zero attached hydrogens (tertiary/aromatic N) is 1. The molecule has 0 saturated carbocycles. The molecule has 8 nitrogen and oxygen atoms in total. The Bertz CT molecular complexity index is 1650. The Morgan fingerprint density at radius 2 is 0.759 bits per heavy atom. The van der Waals surface area contributed by atoms with Crippen molar-refractivity contribution in [1.29, 1.82) is 0 Å². The van der Waals surface area contributed by atoms with Crippen LogP contribution in [0.25, 0.3) is 0 Å². The van der Waals surface area contributed by atoms with E-state index >= 15 is 0 Å². The number of hydrogen-bond donors (Lipinski definition) is 3. The van der Waals surface area contributed by atoms with E-state index in [4.69, 9.17) is 9.05 Å². The number of aliphatic hydroxyl groups is 1. The van der Waals surface area contributed by atoms with E-state index in [2.05, 4.69) is 116 Å². The van der Waals surface area contributed by atoms with Gasteiger partial charge >= 0.3 is 7.82 Å². The summed E-state index contributed by atoms with van der Waals surface area (Å²) in [6.45, 7) is 4.72. The number of phosphoric acid groups is 1. The third kappa shape index (κ3) is 62.6. The van der Waals surface area contributed by atoms with E-state index in [1.165, 1.54) is 161 Å². The second-order valence-electron chi connectivity index (χ2n) is 23.1. The molecule has 3 unspecified atom stereocenters. The maximum atomic E-state index is 13.0. The zero-order chi connectivity index (χ0) is 57.7. The number of nitrogens with one attached hydrogen (secondary N) is 1. The third-order valence-electron chi connectivity index (χ3n) is 14.2. The molecule has 3 N–H and O–H groups in total. The van der Waals surface area contributed by atoms with Crippen LogP contribution in [0.2, 0.25) is 0 Å². The van der Waals surface area contributed by atoms with Gasteiger partial charge in [-0.15, -0.1) is 0 Å². The molecule has 0 aromatic rings. The van der Waals surface area contributed by atoms with Crippen molar-refractivity contribution < 1.29 is 32.9 Å².